The third kappa shape index (κ3) is 5.50. The van der Waals surface area contributed by atoms with Crippen molar-refractivity contribution in [2.24, 2.45) is 5.10 Å². The molecule has 0 heterocycles. The molecular formula is C18H29N3OS. The normalized spacial score (nSPS) is 12.5. The van der Waals surface area contributed by atoms with Crippen molar-refractivity contribution in [1.82, 2.24) is 10.7 Å². The number of benzene rings is 1. The van der Waals surface area contributed by atoms with Crippen molar-refractivity contribution in [2.75, 3.05) is 6.54 Å². The van der Waals surface area contributed by atoms with Crippen molar-refractivity contribution >= 4 is 23.5 Å². The first kappa shape index (κ1) is 19.4. The van der Waals surface area contributed by atoms with Gasteiger partial charge in [0.25, 0.3) is 0 Å². The van der Waals surface area contributed by atoms with Crippen LogP contribution in [0, 0.1) is 0 Å². The van der Waals surface area contributed by atoms with Gasteiger partial charge in [0, 0.05) is 17.7 Å². The van der Waals surface area contributed by atoms with E-state index in [0.717, 1.165) is 23.2 Å². The van der Waals surface area contributed by atoms with E-state index in [4.69, 9.17) is 12.2 Å². The fourth-order valence-corrected chi connectivity index (χ4v) is 2.44. The molecule has 128 valence electrons. The predicted octanol–water partition coefficient (Wildman–Crippen LogP) is 3.81. The summed E-state index contributed by atoms with van der Waals surface area (Å²) in [5, 5.41) is 18.3. The van der Waals surface area contributed by atoms with E-state index in [2.05, 4.69) is 57.4 Å². The highest BCUT2D eigenvalue weighted by molar-refractivity contribution is 7.80. The van der Waals surface area contributed by atoms with Crippen molar-refractivity contribution in [3.05, 3.63) is 28.8 Å². The highest BCUT2D eigenvalue weighted by Gasteiger charge is 2.26. The molecule has 0 atom stereocenters. The summed E-state index contributed by atoms with van der Waals surface area (Å²) in [7, 11) is 0. The Bertz CT molecular complexity index is 560. The molecule has 0 saturated heterocycles. The molecule has 4 nitrogen and oxygen atoms in total. The molecule has 0 unspecified atom stereocenters. The largest absolute Gasteiger partial charge is 0.507 e. The third-order valence-corrected chi connectivity index (χ3v) is 3.70. The first-order valence-electron chi connectivity index (χ1n) is 7.91. The lowest BCUT2D eigenvalue weighted by Gasteiger charge is -2.27. The van der Waals surface area contributed by atoms with Gasteiger partial charge in [0.05, 0.1) is 6.21 Å². The summed E-state index contributed by atoms with van der Waals surface area (Å²) in [6.45, 7) is 15.3. The Kier molecular flexibility index (Phi) is 6.17. The molecule has 0 saturated carbocycles. The lowest BCUT2D eigenvalue weighted by atomic mass is 9.78. The number of thiocarbonyl (C=S) groups is 1. The molecule has 0 aliphatic rings. The summed E-state index contributed by atoms with van der Waals surface area (Å²) in [5.74, 6) is 0.373. The summed E-state index contributed by atoms with van der Waals surface area (Å²) in [6.07, 6.45) is 1.73. The molecule has 0 radical (unpaired) electrons. The fraction of sp³-hybridized carbons (Fsp3) is 0.556. The zero-order valence-electron chi connectivity index (χ0n) is 15.2. The van der Waals surface area contributed by atoms with E-state index >= 15 is 0 Å². The molecule has 0 spiro atoms. The second-order valence-corrected chi connectivity index (χ2v) is 8.10. The molecule has 1 rings (SSSR count). The van der Waals surface area contributed by atoms with Crippen molar-refractivity contribution < 1.29 is 5.11 Å². The second kappa shape index (κ2) is 7.30. The van der Waals surface area contributed by atoms with Crippen LogP contribution in [0.4, 0.5) is 0 Å². The average molecular weight is 336 g/mol. The standard InChI is InChI=1S/C18H29N3OS/c1-8-19-16(23)21-20-11-12-9-13(17(2,3)4)15(22)14(10-12)18(5,6)7/h9-11,22H,8H2,1-7H3,(H2,19,21,23)/b20-11-. The van der Waals surface area contributed by atoms with Crippen LogP contribution in [0.3, 0.4) is 0 Å². The van der Waals surface area contributed by atoms with Gasteiger partial charge in [0.1, 0.15) is 5.75 Å². The number of aromatic hydroxyl groups is 1. The fourth-order valence-electron chi connectivity index (χ4n) is 2.24. The van der Waals surface area contributed by atoms with Crippen LogP contribution in [-0.4, -0.2) is 23.0 Å². The van der Waals surface area contributed by atoms with E-state index in [1.807, 2.05) is 19.1 Å². The molecule has 1 aromatic rings. The van der Waals surface area contributed by atoms with Crippen LogP contribution in [0.15, 0.2) is 17.2 Å². The Morgan fingerprint density at radius 1 is 1.13 bits per heavy atom. The van der Waals surface area contributed by atoms with Crippen LogP contribution in [0.2, 0.25) is 0 Å². The summed E-state index contributed by atoms with van der Waals surface area (Å²) < 4.78 is 0. The number of rotatable bonds is 3. The van der Waals surface area contributed by atoms with Crippen molar-refractivity contribution in [3.8, 4) is 5.75 Å². The SMILES string of the molecule is CCNC(=S)N/N=C\c1cc(C(C)(C)C)c(O)c(C(C)(C)C)c1. The number of nitrogens with zero attached hydrogens (tertiary/aromatic N) is 1. The average Bonchev–Trinajstić information content (AvgIpc) is 2.38. The van der Waals surface area contributed by atoms with Crippen LogP contribution < -0.4 is 10.7 Å². The molecule has 0 aliphatic heterocycles. The van der Waals surface area contributed by atoms with Gasteiger partial charge in [0.15, 0.2) is 5.11 Å². The Labute approximate surface area is 145 Å². The number of hydrazone groups is 1. The van der Waals surface area contributed by atoms with Crippen LogP contribution in [0.5, 0.6) is 5.75 Å². The predicted molar refractivity (Wildman–Crippen MR) is 103 cm³/mol. The maximum absolute atomic E-state index is 10.7. The summed E-state index contributed by atoms with van der Waals surface area (Å²) in [5.41, 5.74) is 5.25. The van der Waals surface area contributed by atoms with Gasteiger partial charge in [-0.25, -0.2) is 0 Å². The molecule has 0 bridgehead atoms. The van der Waals surface area contributed by atoms with Gasteiger partial charge in [-0.15, -0.1) is 0 Å². The maximum atomic E-state index is 10.7. The minimum absolute atomic E-state index is 0.152. The van der Waals surface area contributed by atoms with Gasteiger partial charge in [-0.05, 0) is 47.7 Å². The van der Waals surface area contributed by atoms with Gasteiger partial charge in [0.2, 0.25) is 0 Å². The van der Waals surface area contributed by atoms with Crippen molar-refractivity contribution in [3.63, 3.8) is 0 Å². The first-order valence-corrected chi connectivity index (χ1v) is 8.32. The highest BCUT2D eigenvalue weighted by Crippen LogP contribution is 2.39. The van der Waals surface area contributed by atoms with Gasteiger partial charge in [-0.2, -0.15) is 5.10 Å². The van der Waals surface area contributed by atoms with E-state index in [1.165, 1.54) is 0 Å². The number of hydrogen-bond acceptors (Lipinski definition) is 3. The maximum Gasteiger partial charge on any atom is 0.186 e. The van der Waals surface area contributed by atoms with Crippen LogP contribution >= 0.6 is 12.2 Å². The summed E-state index contributed by atoms with van der Waals surface area (Å²) >= 11 is 5.08. The van der Waals surface area contributed by atoms with Crippen LogP contribution in [0.1, 0.15) is 65.2 Å². The van der Waals surface area contributed by atoms with Gasteiger partial charge in [-0.3, -0.25) is 5.43 Å². The molecule has 0 amide bonds. The molecule has 0 aliphatic carbocycles. The Morgan fingerprint density at radius 3 is 2.00 bits per heavy atom. The van der Waals surface area contributed by atoms with E-state index in [-0.39, 0.29) is 10.8 Å². The first-order chi connectivity index (χ1) is 10.5. The number of phenolic OH excluding ortho intramolecular Hbond substituents is 1. The monoisotopic (exact) mass is 335 g/mol. The number of hydrogen-bond donors (Lipinski definition) is 3. The Hall–Kier alpha value is -1.62. The Morgan fingerprint density at radius 2 is 1.61 bits per heavy atom. The zero-order chi connectivity index (χ0) is 17.8. The van der Waals surface area contributed by atoms with E-state index in [1.54, 1.807) is 6.21 Å². The second-order valence-electron chi connectivity index (χ2n) is 7.69. The smallest absolute Gasteiger partial charge is 0.186 e. The Balaban J connectivity index is 3.23. The minimum atomic E-state index is -0.152. The molecular weight excluding hydrogens is 306 g/mol. The number of phenols is 1. The highest BCUT2D eigenvalue weighted by atomic mass is 32.1. The lowest BCUT2D eigenvalue weighted by molar-refractivity contribution is 0.423. The molecule has 1 aromatic carbocycles. The molecule has 5 heteroatoms. The topological polar surface area (TPSA) is 56.7 Å². The molecule has 0 aromatic heterocycles. The third-order valence-electron chi connectivity index (χ3n) is 3.47. The van der Waals surface area contributed by atoms with Gasteiger partial charge in [-0.1, -0.05) is 41.5 Å². The van der Waals surface area contributed by atoms with Crippen LogP contribution in [0.25, 0.3) is 0 Å². The summed E-state index contributed by atoms with van der Waals surface area (Å²) in [6, 6.07) is 3.96. The van der Waals surface area contributed by atoms with Gasteiger partial charge < -0.3 is 10.4 Å². The van der Waals surface area contributed by atoms with E-state index < -0.39 is 0 Å². The van der Waals surface area contributed by atoms with Crippen molar-refractivity contribution in [2.45, 2.75) is 59.3 Å². The van der Waals surface area contributed by atoms with Crippen LogP contribution in [-0.2, 0) is 10.8 Å². The van der Waals surface area contributed by atoms with Gasteiger partial charge >= 0.3 is 0 Å². The molecule has 23 heavy (non-hydrogen) atoms. The number of nitrogens with one attached hydrogen (secondary N) is 2. The molecule has 0 fully saturated rings. The van der Waals surface area contributed by atoms with Crippen molar-refractivity contribution in [1.29, 1.82) is 0 Å². The zero-order valence-corrected chi connectivity index (χ0v) is 16.1. The van der Waals surface area contributed by atoms with E-state index in [0.29, 0.717) is 10.9 Å². The summed E-state index contributed by atoms with van der Waals surface area (Å²) in [4.78, 5) is 0. The minimum Gasteiger partial charge on any atom is -0.507 e. The lowest BCUT2D eigenvalue weighted by Crippen LogP contribution is -2.31. The quantitative estimate of drug-likeness (QED) is 0.447. The van der Waals surface area contributed by atoms with E-state index in [9.17, 15) is 5.11 Å². The molecule has 3 N–H and O–H groups in total.